The largest absolute Gasteiger partial charge is 0.487 e. The number of thiazole rings is 1. The van der Waals surface area contributed by atoms with E-state index in [0.29, 0.717) is 37.0 Å². The number of halogens is 1. The van der Waals surface area contributed by atoms with Crippen LogP contribution in [0, 0.1) is 6.92 Å². The molecule has 0 aliphatic carbocycles. The zero-order valence-electron chi connectivity index (χ0n) is 16.2. The van der Waals surface area contributed by atoms with E-state index < -0.39 is 0 Å². The lowest BCUT2D eigenvalue weighted by atomic mass is 10.2. The number of carbonyl (C=O) groups is 1. The third-order valence-electron chi connectivity index (χ3n) is 4.23. The van der Waals surface area contributed by atoms with Crippen molar-refractivity contribution in [3.05, 3.63) is 68.6 Å². The van der Waals surface area contributed by atoms with Crippen molar-refractivity contribution in [1.82, 2.24) is 4.98 Å². The van der Waals surface area contributed by atoms with Crippen LogP contribution in [0.1, 0.15) is 16.3 Å². The summed E-state index contributed by atoms with van der Waals surface area (Å²) in [5.41, 5.74) is 2.38. The third kappa shape index (κ3) is 5.20. The number of carbonyl (C=O) groups excluding carboxylic acids is 1. The van der Waals surface area contributed by atoms with Gasteiger partial charge in [-0.1, -0.05) is 12.1 Å². The van der Waals surface area contributed by atoms with E-state index in [2.05, 4.69) is 26.2 Å². The van der Waals surface area contributed by atoms with E-state index in [1.54, 1.807) is 29.5 Å². The Morgan fingerprint density at radius 3 is 2.83 bits per heavy atom. The third-order valence-corrected chi connectivity index (χ3v) is 5.71. The van der Waals surface area contributed by atoms with Gasteiger partial charge in [0.25, 0.3) is 0 Å². The van der Waals surface area contributed by atoms with Gasteiger partial charge in [0.05, 0.1) is 16.4 Å². The second kappa shape index (κ2) is 9.32. The summed E-state index contributed by atoms with van der Waals surface area (Å²) < 4.78 is 17.6. The van der Waals surface area contributed by atoms with Crippen molar-refractivity contribution >= 4 is 44.9 Å². The molecule has 8 heteroatoms. The Balaban J connectivity index is 1.38. The molecule has 2 heterocycles. The average molecular weight is 487 g/mol. The molecule has 3 aromatic rings. The summed E-state index contributed by atoms with van der Waals surface area (Å²) >= 11 is 5.05. The highest BCUT2D eigenvalue weighted by molar-refractivity contribution is 9.10. The van der Waals surface area contributed by atoms with Gasteiger partial charge in [-0.25, -0.2) is 4.98 Å². The molecule has 0 spiro atoms. The summed E-state index contributed by atoms with van der Waals surface area (Å²) in [5, 5.41) is 5.85. The van der Waals surface area contributed by atoms with Gasteiger partial charge in [-0.05, 0) is 46.6 Å². The summed E-state index contributed by atoms with van der Waals surface area (Å²) in [6, 6.07) is 11.1. The maximum atomic E-state index is 12.4. The van der Waals surface area contributed by atoms with E-state index in [-0.39, 0.29) is 5.91 Å². The first-order valence-electron chi connectivity index (χ1n) is 9.29. The molecular weight excluding hydrogens is 468 g/mol. The number of anilines is 1. The second-order valence-corrected chi connectivity index (χ2v) is 8.43. The van der Waals surface area contributed by atoms with Gasteiger partial charge >= 0.3 is 0 Å². The first-order valence-corrected chi connectivity index (χ1v) is 11.0. The molecule has 30 heavy (non-hydrogen) atoms. The molecule has 0 bridgehead atoms. The Hall–Kier alpha value is -2.84. The maximum absolute atomic E-state index is 12.4. The number of ether oxygens (including phenoxy) is 3. The van der Waals surface area contributed by atoms with Crippen LogP contribution in [0.3, 0.4) is 0 Å². The molecule has 0 saturated carbocycles. The lowest BCUT2D eigenvalue weighted by molar-refractivity contribution is -0.111. The normalized spacial score (nSPS) is 12.7. The lowest BCUT2D eigenvalue weighted by Crippen LogP contribution is -2.16. The van der Waals surface area contributed by atoms with Crippen LogP contribution in [0.25, 0.3) is 6.08 Å². The molecular formula is C22H19BrN2O4S. The number of amides is 1. The van der Waals surface area contributed by atoms with Crippen LogP contribution >= 0.6 is 27.3 Å². The number of hydrogen-bond donors (Lipinski definition) is 1. The fourth-order valence-corrected chi connectivity index (χ4v) is 3.86. The van der Waals surface area contributed by atoms with E-state index in [1.807, 2.05) is 36.6 Å². The first-order chi connectivity index (χ1) is 14.6. The summed E-state index contributed by atoms with van der Waals surface area (Å²) in [4.78, 5) is 16.8. The van der Waals surface area contributed by atoms with Crippen molar-refractivity contribution in [3.63, 3.8) is 0 Å². The van der Waals surface area contributed by atoms with Crippen molar-refractivity contribution in [3.8, 4) is 17.2 Å². The summed E-state index contributed by atoms with van der Waals surface area (Å²) in [7, 11) is 0. The highest BCUT2D eigenvalue weighted by Crippen LogP contribution is 2.38. The molecule has 6 nitrogen and oxygen atoms in total. The standard InChI is InChI=1S/C22H19BrN2O4S/c1-14-24-16(13-30-14)12-29-17-4-2-3-15(9-17)5-6-22(26)25-19-11-21-20(10-18(19)23)27-7-8-28-21/h2-6,9-11,13H,7-8,12H2,1H3,(H,25,26)/b6-5+. The first kappa shape index (κ1) is 20.4. The van der Waals surface area contributed by atoms with E-state index in [4.69, 9.17) is 14.2 Å². The van der Waals surface area contributed by atoms with E-state index in [9.17, 15) is 4.79 Å². The van der Waals surface area contributed by atoms with Crippen LogP contribution in [0.5, 0.6) is 17.2 Å². The van der Waals surface area contributed by atoms with Crippen LogP contribution in [-0.2, 0) is 11.4 Å². The monoisotopic (exact) mass is 486 g/mol. The van der Waals surface area contributed by atoms with Gasteiger partial charge in [0.2, 0.25) is 5.91 Å². The van der Waals surface area contributed by atoms with Crippen molar-refractivity contribution in [2.75, 3.05) is 18.5 Å². The minimum absolute atomic E-state index is 0.253. The molecule has 1 aliphatic rings. The predicted octanol–water partition coefficient (Wildman–Crippen LogP) is 5.22. The summed E-state index contributed by atoms with van der Waals surface area (Å²) in [6.07, 6.45) is 3.22. The molecule has 0 unspecified atom stereocenters. The van der Waals surface area contributed by atoms with Crippen molar-refractivity contribution in [2.24, 2.45) is 0 Å². The van der Waals surface area contributed by atoms with E-state index in [1.165, 1.54) is 6.08 Å². The number of nitrogens with one attached hydrogen (secondary N) is 1. The maximum Gasteiger partial charge on any atom is 0.248 e. The zero-order valence-corrected chi connectivity index (χ0v) is 18.6. The molecule has 2 aromatic carbocycles. The minimum Gasteiger partial charge on any atom is -0.487 e. The van der Waals surface area contributed by atoms with Crippen molar-refractivity contribution in [1.29, 1.82) is 0 Å². The van der Waals surface area contributed by atoms with Crippen LogP contribution < -0.4 is 19.5 Å². The predicted molar refractivity (Wildman–Crippen MR) is 120 cm³/mol. The quantitative estimate of drug-likeness (QED) is 0.483. The molecule has 0 fully saturated rings. The van der Waals surface area contributed by atoms with E-state index >= 15 is 0 Å². The van der Waals surface area contributed by atoms with Gasteiger partial charge in [0.15, 0.2) is 11.5 Å². The van der Waals surface area contributed by atoms with Crippen molar-refractivity contribution in [2.45, 2.75) is 13.5 Å². The van der Waals surface area contributed by atoms with Gasteiger partial charge in [0, 0.05) is 28.1 Å². The van der Waals surface area contributed by atoms with Gasteiger partial charge in [-0.3, -0.25) is 4.79 Å². The second-order valence-electron chi connectivity index (χ2n) is 6.52. The van der Waals surface area contributed by atoms with Gasteiger partial charge in [0.1, 0.15) is 25.6 Å². The van der Waals surface area contributed by atoms with Gasteiger partial charge in [-0.2, -0.15) is 0 Å². The Bertz CT molecular complexity index is 1100. The fraction of sp³-hybridized carbons (Fsp3) is 0.182. The number of aromatic nitrogens is 1. The van der Waals surface area contributed by atoms with E-state index in [0.717, 1.165) is 26.5 Å². The molecule has 0 radical (unpaired) electrons. The highest BCUT2D eigenvalue weighted by Gasteiger charge is 2.15. The Morgan fingerprint density at radius 2 is 2.07 bits per heavy atom. The lowest BCUT2D eigenvalue weighted by Gasteiger charge is -2.19. The zero-order chi connectivity index (χ0) is 20.9. The molecule has 0 atom stereocenters. The molecule has 1 aliphatic heterocycles. The number of hydrogen-bond acceptors (Lipinski definition) is 6. The summed E-state index contributed by atoms with van der Waals surface area (Å²) in [5.74, 6) is 1.74. The van der Waals surface area contributed by atoms with Crippen LogP contribution in [0.15, 0.2) is 52.3 Å². The number of rotatable bonds is 6. The smallest absolute Gasteiger partial charge is 0.248 e. The van der Waals surface area contributed by atoms with Crippen LogP contribution in [-0.4, -0.2) is 24.1 Å². The molecule has 1 amide bonds. The average Bonchev–Trinajstić information content (AvgIpc) is 3.17. The molecule has 4 rings (SSSR count). The van der Waals surface area contributed by atoms with Crippen LogP contribution in [0.2, 0.25) is 0 Å². The fourth-order valence-electron chi connectivity index (χ4n) is 2.85. The Labute approximate surface area is 186 Å². The molecule has 154 valence electrons. The number of benzene rings is 2. The summed E-state index contributed by atoms with van der Waals surface area (Å²) in [6.45, 7) is 3.38. The van der Waals surface area contributed by atoms with Gasteiger partial charge < -0.3 is 19.5 Å². The number of fused-ring (bicyclic) bond motifs is 1. The number of nitrogens with zero attached hydrogens (tertiary/aromatic N) is 1. The highest BCUT2D eigenvalue weighted by atomic mass is 79.9. The van der Waals surface area contributed by atoms with Crippen LogP contribution in [0.4, 0.5) is 5.69 Å². The number of aryl methyl sites for hydroxylation is 1. The SMILES string of the molecule is Cc1nc(COc2cccc(/C=C/C(=O)Nc3cc4c(cc3Br)OCCO4)c2)cs1. The Kier molecular flexibility index (Phi) is 6.35. The van der Waals surface area contributed by atoms with Gasteiger partial charge in [-0.15, -0.1) is 11.3 Å². The molecule has 1 aromatic heterocycles. The molecule has 0 saturated heterocycles. The molecule has 1 N–H and O–H groups in total. The Morgan fingerprint density at radius 1 is 1.27 bits per heavy atom. The topological polar surface area (TPSA) is 69.7 Å². The van der Waals surface area contributed by atoms with Crippen molar-refractivity contribution < 1.29 is 19.0 Å². The minimum atomic E-state index is -0.253.